The van der Waals surface area contributed by atoms with Crippen LogP contribution in [0.5, 0.6) is 0 Å². The van der Waals surface area contributed by atoms with Crippen molar-refractivity contribution < 1.29 is 9.59 Å². The molecule has 2 amide bonds. The maximum absolute atomic E-state index is 14.9. The molecule has 0 bridgehead atoms. The molecular formula is C48H30N4O2. The number of hydrogen-bond acceptors (Lipinski definition) is 4. The summed E-state index contributed by atoms with van der Waals surface area (Å²) in [6, 6.07) is 52.4. The molecule has 0 fully saturated rings. The SMILES string of the molecule is O=C1c2cccc(-n3c4ccc(-c5ccncc5)cc4c4cc(-c5ccncc5)ccc43)c2C(=O)N1c1ccc(-c2ccccc2)cc1-c1ccccc1. The Hall–Kier alpha value is -7.44. The predicted molar refractivity (Wildman–Crippen MR) is 216 cm³/mol. The number of nitrogens with zero attached hydrogens (tertiary/aromatic N) is 4. The molecule has 0 aliphatic carbocycles. The lowest BCUT2D eigenvalue weighted by molar-refractivity contribution is 0.0926. The minimum atomic E-state index is -0.355. The van der Waals surface area contributed by atoms with Gasteiger partial charge >= 0.3 is 0 Å². The number of imide groups is 1. The number of hydrogen-bond donors (Lipinski definition) is 0. The molecule has 0 saturated heterocycles. The first-order chi connectivity index (χ1) is 26.6. The fourth-order valence-corrected chi connectivity index (χ4v) is 7.79. The van der Waals surface area contributed by atoms with Gasteiger partial charge in [0.25, 0.3) is 11.8 Å². The number of fused-ring (bicyclic) bond motifs is 4. The summed E-state index contributed by atoms with van der Waals surface area (Å²) in [5, 5.41) is 2.06. The molecule has 254 valence electrons. The van der Waals surface area contributed by atoms with E-state index in [1.165, 1.54) is 4.90 Å². The van der Waals surface area contributed by atoms with Crippen LogP contribution in [0, 0.1) is 0 Å². The molecule has 0 atom stereocenters. The molecule has 0 radical (unpaired) electrons. The van der Waals surface area contributed by atoms with Crippen LogP contribution in [0.3, 0.4) is 0 Å². The summed E-state index contributed by atoms with van der Waals surface area (Å²) in [5.41, 5.74) is 11.8. The molecule has 1 aliphatic heterocycles. The monoisotopic (exact) mass is 694 g/mol. The number of carbonyl (C=O) groups is 2. The molecule has 6 nitrogen and oxygen atoms in total. The van der Waals surface area contributed by atoms with Gasteiger partial charge in [0.1, 0.15) is 0 Å². The van der Waals surface area contributed by atoms with Crippen molar-refractivity contribution >= 4 is 39.3 Å². The Morgan fingerprint density at radius 3 is 1.48 bits per heavy atom. The third-order valence-corrected chi connectivity index (χ3v) is 10.4. The highest BCUT2D eigenvalue weighted by atomic mass is 16.2. The van der Waals surface area contributed by atoms with Crippen molar-refractivity contribution in [1.29, 1.82) is 0 Å². The van der Waals surface area contributed by atoms with E-state index in [0.717, 1.165) is 66.3 Å². The van der Waals surface area contributed by atoms with Gasteiger partial charge < -0.3 is 4.57 Å². The largest absolute Gasteiger partial charge is 0.308 e. The van der Waals surface area contributed by atoms with E-state index < -0.39 is 0 Å². The zero-order valence-corrected chi connectivity index (χ0v) is 28.9. The van der Waals surface area contributed by atoms with E-state index >= 15 is 0 Å². The fraction of sp³-hybridized carbons (Fsp3) is 0. The molecule has 3 aromatic heterocycles. The Labute approximate surface area is 311 Å². The van der Waals surface area contributed by atoms with Crippen LogP contribution in [0.15, 0.2) is 183 Å². The zero-order valence-electron chi connectivity index (χ0n) is 28.9. The van der Waals surface area contributed by atoms with Crippen molar-refractivity contribution in [3.8, 4) is 50.2 Å². The Kier molecular flexibility index (Phi) is 7.34. The average Bonchev–Trinajstić information content (AvgIpc) is 3.71. The van der Waals surface area contributed by atoms with Crippen LogP contribution in [0.25, 0.3) is 72.0 Å². The minimum absolute atomic E-state index is 0.345. The van der Waals surface area contributed by atoms with Gasteiger partial charge in [0.2, 0.25) is 0 Å². The van der Waals surface area contributed by atoms with Crippen molar-refractivity contribution in [3.05, 3.63) is 194 Å². The lowest BCUT2D eigenvalue weighted by Crippen LogP contribution is -2.30. The first-order valence-corrected chi connectivity index (χ1v) is 17.8. The lowest BCUT2D eigenvalue weighted by Gasteiger charge is -2.20. The summed E-state index contributed by atoms with van der Waals surface area (Å²) in [6.45, 7) is 0. The van der Waals surface area contributed by atoms with Crippen molar-refractivity contribution in [2.45, 2.75) is 0 Å². The number of pyridine rings is 2. The molecular weight excluding hydrogens is 665 g/mol. The summed E-state index contributed by atoms with van der Waals surface area (Å²) in [4.78, 5) is 39.2. The van der Waals surface area contributed by atoms with Gasteiger partial charge in [-0.25, -0.2) is 4.90 Å². The van der Waals surface area contributed by atoms with Gasteiger partial charge in [-0.05, 0) is 112 Å². The van der Waals surface area contributed by atoms with Crippen LogP contribution in [0.2, 0.25) is 0 Å². The number of aromatic nitrogens is 3. The summed E-state index contributed by atoms with van der Waals surface area (Å²) < 4.78 is 2.13. The zero-order chi connectivity index (χ0) is 36.2. The topological polar surface area (TPSA) is 68.1 Å². The molecule has 0 spiro atoms. The number of amides is 2. The third kappa shape index (κ3) is 5.04. The average molecular weight is 695 g/mol. The van der Waals surface area contributed by atoms with Gasteiger partial charge in [0, 0.05) is 41.1 Å². The molecule has 4 heterocycles. The molecule has 1 aliphatic rings. The van der Waals surface area contributed by atoms with E-state index in [9.17, 15) is 9.59 Å². The van der Waals surface area contributed by atoms with E-state index in [0.29, 0.717) is 22.5 Å². The van der Waals surface area contributed by atoms with Crippen molar-refractivity contribution in [3.63, 3.8) is 0 Å². The summed E-state index contributed by atoms with van der Waals surface area (Å²) in [6.07, 6.45) is 7.18. The standard InChI is InChI=1S/C48H30N4O2/c53-47-38-12-7-13-45(46(38)48(54)52(47)42-17-14-35(31-8-3-1-4-9-31)28-39(42)34-10-5-2-6-11-34)51-43-18-15-36(32-20-24-49-25-21-32)29-40(43)41-30-37(16-19-44(41)51)33-22-26-50-27-23-33/h1-30H. The van der Waals surface area contributed by atoms with E-state index in [2.05, 4.69) is 69.1 Å². The number of rotatable bonds is 6. The van der Waals surface area contributed by atoms with E-state index in [4.69, 9.17) is 0 Å². The van der Waals surface area contributed by atoms with Gasteiger partial charge in [0.05, 0.1) is 33.5 Å². The maximum atomic E-state index is 14.9. The fourth-order valence-electron chi connectivity index (χ4n) is 7.79. The van der Waals surface area contributed by atoms with Crippen LogP contribution in [0.4, 0.5) is 5.69 Å². The normalized spacial score (nSPS) is 12.5. The van der Waals surface area contributed by atoms with E-state index in [-0.39, 0.29) is 11.8 Å². The van der Waals surface area contributed by atoms with Gasteiger partial charge in [0.15, 0.2) is 0 Å². The Morgan fingerprint density at radius 1 is 0.370 bits per heavy atom. The molecule has 6 aromatic carbocycles. The predicted octanol–water partition coefficient (Wildman–Crippen LogP) is 11.0. The molecule has 54 heavy (non-hydrogen) atoms. The highest BCUT2D eigenvalue weighted by Crippen LogP contribution is 2.43. The van der Waals surface area contributed by atoms with Gasteiger partial charge in [-0.2, -0.15) is 0 Å². The minimum Gasteiger partial charge on any atom is -0.308 e. The van der Waals surface area contributed by atoms with Crippen LogP contribution < -0.4 is 4.90 Å². The molecule has 0 N–H and O–H groups in total. The summed E-state index contributed by atoms with van der Waals surface area (Å²) in [7, 11) is 0. The summed E-state index contributed by atoms with van der Waals surface area (Å²) in [5.74, 6) is -0.700. The molecule has 0 unspecified atom stereocenters. The second-order valence-electron chi connectivity index (χ2n) is 13.4. The molecule has 9 aromatic rings. The van der Waals surface area contributed by atoms with Crippen LogP contribution in [0.1, 0.15) is 20.7 Å². The van der Waals surface area contributed by atoms with Crippen molar-refractivity contribution in [1.82, 2.24) is 14.5 Å². The van der Waals surface area contributed by atoms with Gasteiger partial charge in [-0.1, -0.05) is 84.9 Å². The Morgan fingerprint density at radius 2 is 0.889 bits per heavy atom. The van der Waals surface area contributed by atoms with Crippen molar-refractivity contribution in [2.24, 2.45) is 0 Å². The van der Waals surface area contributed by atoms with Gasteiger partial charge in [-0.15, -0.1) is 0 Å². The lowest BCUT2D eigenvalue weighted by atomic mass is 9.97. The summed E-state index contributed by atoms with van der Waals surface area (Å²) >= 11 is 0. The first kappa shape index (κ1) is 31.3. The van der Waals surface area contributed by atoms with E-state index in [1.807, 2.05) is 97.1 Å². The van der Waals surface area contributed by atoms with Gasteiger partial charge in [-0.3, -0.25) is 19.6 Å². The Balaban J connectivity index is 1.17. The van der Waals surface area contributed by atoms with Crippen molar-refractivity contribution in [2.75, 3.05) is 4.90 Å². The van der Waals surface area contributed by atoms with E-state index in [1.54, 1.807) is 30.9 Å². The second kappa shape index (κ2) is 12.7. The first-order valence-electron chi connectivity index (χ1n) is 17.8. The maximum Gasteiger partial charge on any atom is 0.268 e. The highest BCUT2D eigenvalue weighted by Gasteiger charge is 2.40. The number of benzene rings is 6. The van der Waals surface area contributed by atoms with Crippen LogP contribution >= 0.6 is 0 Å². The van der Waals surface area contributed by atoms with Crippen LogP contribution in [-0.4, -0.2) is 26.3 Å². The third-order valence-electron chi connectivity index (χ3n) is 10.4. The highest BCUT2D eigenvalue weighted by molar-refractivity contribution is 6.36. The van der Waals surface area contributed by atoms with Crippen LogP contribution in [-0.2, 0) is 0 Å². The number of anilines is 1. The smallest absolute Gasteiger partial charge is 0.268 e. The molecule has 0 saturated carbocycles. The quantitative estimate of drug-likeness (QED) is 0.163. The number of carbonyl (C=O) groups excluding carboxylic acids is 2. The molecule has 10 rings (SSSR count). The Bertz CT molecular complexity index is 2810. The molecule has 6 heteroatoms. The second-order valence-corrected chi connectivity index (χ2v) is 13.4.